The lowest BCUT2D eigenvalue weighted by molar-refractivity contribution is 0.0414. The molecule has 2 aliphatic rings. The van der Waals surface area contributed by atoms with Gasteiger partial charge in [-0.05, 0) is 38.3 Å². The van der Waals surface area contributed by atoms with Crippen LogP contribution < -0.4 is 11.0 Å². The van der Waals surface area contributed by atoms with Crippen molar-refractivity contribution in [3.63, 3.8) is 0 Å². The van der Waals surface area contributed by atoms with Crippen LogP contribution in [-0.4, -0.2) is 22.1 Å². The van der Waals surface area contributed by atoms with Crippen LogP contribution in [0.3, 0.4) is 0 Å². The first kappa shape index (κ1) is 13.5. The maximum Gasteiger partial charge on any atom is 0.274 e. The van der Waals surface area contributed by atoms with Crippen LogP contribution in [0, 0.1) is 12.8 Å². The van der Waals surface area contributed by atoms with Crippen LogP contribution in [0.1, 0.15) is 37.6 Å². The highest BCUT2D eigenvalue weighted by atomic mass is 16.5. The predicted molar refractivity (Wildman–Crippen MR) is 85.3 cm³/mol. The van der Waals surface area contributed by atoms with Gasteiger partial charge in [0.2, 0.25) is 0 Å². The van der Waals surface area contributed by atoms with E-state index in [9.17, 15) is 4.79 Å². The predicted octanol–water partition coefficient (Wildman–Crippen LogP) is 2.41. The minimum absolute atomic E-state index is 0.0339. The summed E-state index contributed by atoms with van der Waals surface area (Å²) in [6.07, 6.45) is 2.90. The van der Waals surface area contributed by atoms with Gasteiger partial charge in [0.1, 0.15) is 18.0 Å². The van der Waals surface area contributed by atoms with E-state index < -0.39 is 0 Å². The van der Waals surface area contributed by atoms with Gasteiger partial charge in [-0.1, -0.05) is 6.92 Å². The topological polar surface area (TPSA) is 68.5 Å². The second-order valence-corrected chi connectivity index (χ2v) is 6.24. The first-order valence-electron chi connectivity index (χ1n) is 7.56. The first-order valence-corrected chi connectivity index (χ1v) is 7.56. The Kier molecular flexibility index (Phi) is 2.84. The molecule has 0 aliphatic carbocycles. The molecule has 4 heterocycles. The van der Waals surface area contributed by atoms with Crippen molar-refractivity contribution in [2.75, 3.05) is 5.43 Å². The summed E-state index contributed by atoms with van der Waals surface area (Å²) in [5.41, 5.74) is 5.41. The molecule has 4 rings (SSSR count). The summed E-state index contributed by atoms with van der Waals surface area (Å²) in [5.74, 6) is 0.898. The fourth-order valence-corrected chi connectivity index (χ4v) is 3.46. The molecule has 0 spiro atoms. The normalized spacial score (nSPS) is 26.4. The van der Waals surface area contributed by atoms with Gasteiger partial charge in [-0.3, -0.25) is 14.9 Å². The second-order valence-electron chi connectivity index (χ2n) is 6.24. The van der Waals surface area contributed by atoms with Gasteiger partial charge in [0.25, 0.3) is 5.56 Å². The molecule has 3 atom stereocenters. The van der Waals surface area contributed by atoms with E-state index in [1.54, 1.807) is 13.3 Å². The molecule has 0 saturated carbocycles. The highest BCUT2D eigenvalue weighted by Gasteiger charge is 2.34. The first-order chi connectivity index (χ1) is 10.5. The zero-order valence-electron chi connectivity index (χ0n) is 12.8. The van der Waals surface area contributed by atoms with Crippen LogP contribution in [0.2, 0.25) is 0 Å². The van der Waals surface area contributed by atoms with Crippen molar-refractivity contribution < 1.29 is 4.74 Å². The Bertz CT molecular complexity index is 855. The lowest BCUT2D eigenvalue weighted by atomic mass is 10.00. The molecule has 22 heavy (non-hydrogen) atoms. The van der Waals surface area contributed by atoms with Gasteiger partial charge in [0, 0.05) is 10.9 Å². The number of aliphatic imine (C=N–C) groups is 1. The summed E-state index contributed by atoms with van der Waals surface area (Å²) in [6.45, 7) is 6.09. The van der Waals surface area contributed by atoms with Gasteiger partial charge in [0.05, 0.1) is 11.8 Å². The maximum atomic E-state index is 11.9. The molecule has 1 N–H and O–H groups in total. The van der Waals surface area contributed by atoms with Gasteiger partial charge in [-0.15, -0.1) is 0 Å². The van der Waals surface area contributed by atoms with Crippen molar-refractivity contribution in [2.45, 2.75) is 39.4 Å². The lowest BCUT2D eigenvalue weighted by Crippen LogP contribution is -2.21. The number of nitrogens with zero attached hydrogens (tertiary/aromatic N) is 3. The summed E-state index contributed by atoms with van der Waals surface area (Å²) >= 11 is 0. The molecule has 1 fully saturated rings. The van der Waals surface area contributed by atoms with E-state index >= 15 is 0 Å². The largest absolute Gasteiger partial charge is 0.369 e. The molecule has 0 bridgehead atoms. The summed E-state index contributed by atoms with van der Waals surface area (Å²) < 4.78 is 8.03. The number of aryl methyl sites for hydroxylation is 1. The van der Waals surface area contributed by atoms with Gasteiger partial charge >= 0.3 is 0 Å². The molecular formula is C16H18N4O2. The average Bonchev–Trinajstić information content (AvgIpc) is 2.95. The Morgan fingerprint density at radius 1 is 1.36 bits per heavy atom. The lowest BCUT2D eigenvalue weighted by Gasteiger charge is -2.19. The van der Waals surface area contributed by atoms with Gasteiger partial charge in [-0.25, -0.2) is 4.99 Å². The van der Waals surface area contributed by atoms with E-state index in [1.165, 1.54) is 0 Å². The summed E-state index contributed by atoms with van der Waals surface area (Å²) in [6, 6.07) is 3.95. The fraction of sp³-hybridized carbons (Fsp3) is 0.438. The minimum Gasteiger partial charge on any atom is -0.369 e. The Labute approximate surface area is 127 Å². The van der Waals surface area contributed by atoms with Crippen molar-refractivity contribution in [3.8, 4) is 0 Å². The van der Waals surface area contributed by atoms with Crippen LogP contribution in [-0.2, 0) is 4.74 Å². The molecule has 1 saturated heterocycles. The monoisotopic (exact) mass is 298 g/mol. The second kappa shape index (κ2) is 4.64. The van der Waals surface area contributed by atoms with Crippen molar-refractivity contribution in [1.82, 2.24) is 9.66 Å². The highest BCUT2D eigenvalue weighted by molar-refractivity contribution is 5.94. The zero-order valence-corrected chi connectivity index (χ0v) is 12.8. The maximum absolute atomic E-state index is 11.9. The quantitative estimate of drug-likeness (QED) is 0.878. The van der Waals surface area contributed by atoms with Crippen molar-refractivity contribution >= 4 is 23.1 Å². The van der Waals surface area contributed by atoms with E-state index in [0.29, 0.717) is 17.3 Å². The van der Waals surface area contributed by atoms with Gasteiger partial charge < -0.3 is 4.74 Å². The van der Waals surface area contributed by atoms with Crippen LogP contribution in [0.4, 0.5) is 5.82 Å². The van der Waals surface area contributed by atoms with E-state index in [-0.39, 0.29) is 17.8 Å². The minimum atomic E-state index is -0.238. The van der Waals surface area contributed by atoms with E-state index in [2.05, 4.69) is 35.3 Å². The highest BCUT2D eigenvalue weighted by Crippen LogP contribution is 2.40. The standard InChI is InChI=1S/C16H18N4O2/c1-8-4-10(3)22-14(8)12-6-11-5-9(2)16(21)19-15-13(11)20(12)18-7-17-15/h5-8,10,14H,4H2,1-3H3,(H,17,18,19,21). The third-order valence-corrected chi connectivity index (χ3v) is 4.45. The van der Waals surface area contributed by atoms with Gasteiger partial charge in [-0.2, -0.15) is 4.98 Å². The molecule has 2 aromatic rings. The smallest absolute Gasteiger partial charge is 0.274 e. The molecule has 2 aliphatic heterocycles. The molecule has 114 valence electrons. The molecular weight excluding hydrogens is 280 g/mol. The van der Waals surface area contributed by atoms with Crippen LogP contribution >= 0.6 is 0 Å². The van der Waals surface area contributed by atoms with E-state index in [1.807, 2.05) is 10.7 Å². The van der Waals surface area contributed by atoms with Crippen molar-refractivity contribution in [2.24, 2.45) is 10.9 Å². The summed E-state index contributed by atoms with van der Waals surface area (Å²) in [7, 11) is 0. The van der Waals surface area contributed by atoms with Crippen molar-refractivity contribution in [1.29, 1.82) is 0 Å². The Balaban J connectivity index is 2.00. The number of hydrogen-bond acceptors (Lipinski definition) is 5. The van der Waals surface area contributed by atoms with Crippen LogP contribution in [0.15, 0.2) is 21.9 Å². The molecule has 0 radical (unpaired) electrons. The number of aromatic nitrogens is 2. The summed E-state index contributed by atoms with van der Waals surface area (Å²) in [4.78, 5) is 20.3. The number of rotatable bonds is 1. The van der Waals surface area contributed by atoms with Gasteiger partial charge in [0.15, 0.2) is 5.82 Å². The molecule has 2 aromatic heterocycles. The summed E-state index contributed by atoms with van der Waals surface area (Å²) in [5, 5.41) is 0.955. The van der Waals surface area contributed by atoms with Crippen molar-refractivity contribution in [3.05, 3.63) is 33.7 Å². The SMILES string of the molecule is Cc1cc2cc(C3OC(C)CC3C)n3c2c(nc1=O)N=CN3. The number of hydrogen-bond donors (Lipinski definition) is 1. The number of ether oxygens (including phenoxy) is 1. The Hall–Kier alpha value is -2.21. The molecule has 3 unspecified atom stereocenters. The molecule has 0 amide bonds. The number of nitrogens with one attached hydrogen (secondary N) is 1. The average molecular weight is 298 g/mol. The molecule has 6 nitrogen and oxygen atoms in total. The Morgan fingerprint density at radius 2 is 2.18 bits per heavy atom. The molecule has 6 heteroatoms. The third-order valence-electron chi connectivity index (χ3n) is 4.45. The van der Waals surface area contributed by atoms with E-state index in [0.717, 1.165) is 23.0 Å². The Morgan fingerprint density at radius 3 is 2.91 bits per heavy atom. The molecule has 0 aromatic carbocycles. The van der Waals surface area contributed by atoms with Crippen LogP contribution in [0.5, 0.6) is 0 Å². The van der Waals surface area contributed by atoms with Crippen LogP contribution in [0.25, 0.3) is 10.9 Å². The zero-order chi connectivity index (χ0) is 15.4. The fourth-order valence-electron chi connectivity index (χ4n) is 3.46. The van der Waals surface area contributed by atoms with E-state index in [4.69, 9.17) is 4.74 Å². The third kappa shape index (κ3) is 1.87.